The molecule has 0 aromatic heterocycles. The molecule has 19 heavy (non-hydrogen) atoms. The molecule has 1 aromatic rings. The Morgan fingerprint density at radius 1 is 1.26 bits per heavy atom. The third-order valence-corrected chi connectivity index (χ3v) is 2.35. The van der Waals surface area contributed by atoms with Crippen LogP contribution in [0.4, 0.5) is 5.69 Å². The fourth-order valence-electron chi connectivity index (χ4n) is 1.31. The van der Waals surface area contributed by atoms with Crippen LogP contribution in [0.25, 0.3) is 0 Å². The van der Waals surface area contributed by atoms with Gasteiger partial charge in [-0.3, -0.25) is 14.4 Å². The Hall–Kier alpha value is -2.37. The monoisotopic (exact) mass is 264 g/mol. The van der Waals surface area contributed by atoms with Gasteiger partial charge in [0, 0.05) is 17.7 Å². The predicted molar refractivity (Wildman–Crippen MR) is 69.7 cm³/mol. The van der Waals surface area contributed by atoms with E-state index in [2.05, 4.69) is 15.4 Å². The highest BCUT2D eigenvalue weighted by molar-refractivity contribution is 5.98. The fourth-order valence-corrected chi connectivity index (χ4v) is 1.31. The summed E-state index contributed by atoms with van der Waals surface area (Å²) in [5, 5.41) is 5.07. The smallest absolute Gasteiger partial charge is 0.325 e. The van der Waals surface area contributed by atoms with Crippen molar-refractivity contribution in [2.75, 3.05) is 19.0 Å². The Labute approximate surface area is 111 Å². The topological polar surface area (TPSA) is 84.5 Å². The van der Waals surface area contributed by atoms with Gasteiger partial charge < -0.3 is 15.4 Å². The summed E-state index contributed by atoms with van der Waals surface area (Å²) < 4.78 is 4.42. The highest BCUT2D eigenvalue weighted by atomic mass is 16.5. The second kappa shape index (κ2) is 7.15. The molecule has 1 rings (SSSR count). The van der Waals surface area contributed by atoms with E-state index in [4.69, 9.17) is 0 Å². The van der Waals surface area contributed by atoms with Crippen LogP contribution in [0.1, 0.15) is 23.7 Å². The number of hydrogen-bond donors (Lipinski definition) is 2. The largest absolute Gasteiger partial charge is 0.468 e. The van der Waals surface area contributed by atoms with Gasteiger partial charge in [-0.1, -0.05) is 13.0 Å². The molecule has 0 unspecified atom stereocenters. The zero-order chi connectivity index (χ0) is 14.3. The van der Waals surface area contributed by atoms with E-state index in [1.165, 1.54) is 7.11 Å². The molecule has 0 bridgehead atoms. The molecule has 6 nitrogen and oxygen atoms in total. The minimum Gasteiger partial charge on any atom is -0.468 e. The third-order valence-electron chi connectivity index (χ3n) is 2.35. The average molecular weight is 264 g/mol. The molecule has 2 N–H and O–H groups in total. The molecule has 0 spiro atoms. The van der Waals surface area contributed by atoms with Crippen molar-refractivity contribution in [1.29, 1.82) is 0 Å². The molecule has 0 heterocycles. The van der Waals surface area contributed by atoms with E-state index in [1.54, 1.807) is 31.2 Å². The van der Waals surface area contributed by atoms with Gasteiger partial charge in [0.2, 0.25) is 5.91 Å². The lowest BCUT2D eigenvalue weighted by Crippen LogP contribution is -2.30. The number of ether oxygens (including phenoxy) is 1. The van der Waals surface area contributed by atoms with E-state index >= 15 is 0 Å². The highest BCUT2D eigenvalue weighted by Gasteiger charge is 2.09. The van der Waals surface area contributed by atoms with Crippen LogP contribution >= 0.6 is 0 Å². The van der Waals surface area contributed by atoms with Crippen LogP contribution in [0, 0.1) is 0 Å². The van der Waals surface area contributed by atoms with Crippen molar-refractivity contribution in [1.82, 2.24) is 5.32 Å². The Bertz CT molecular complexity index is 485. The lowest BCUT2D eigenvalue weighted by Gasteiger charge is -2.07. The third kappa shape index (κ3) is 4.79. The number of anilines is 1. The number of benzene rings is 1. The molecule has 0 aliphatic heterocycles. The molecule has 102 valence electrons. The molecule has 0 radical (unpaired) electrons. The van der Waals surface area contributed by atoms with Crippen LogP contribution < -0.4 is 10.6 Å². The lowest BCUT2D eigenvalue weighted by atomic mass is 10.2. The van der Waals surface area contributed by atoms with Crippen LogP contribution in [0.2, 0.25) is 0 Å². The normalized spacial score (nSPS) is 9.58. The number of nitrogens with one attached hydrogen (secondary N) is 2. The number of hydrogen-bond acceptors (Lipinski definition) is 4. The lowest BCUT2D eigenvalue weighted by molar-refractivity contribution is -0.139. The molecule has 0 saturated heterocycles. The van der Waals surface area contributed by atoms with Gasteiger partial charge in [-0.2, -0.15) is 0 Å². The van der Waals surface area contributed by atoms with E-state index in [-0.39, 0.29) is 12.5 Å². The minimum absolute atomic E-state index is 0.132. The van der Waals surface area contributed by atoms with Crippen molar-refractivity contribution in [2.24, 2.45) is 0 Å². The van der Waals surface area contributed by atoms with Crippen LogP contribution in [-0.4, -0.2) is 31.4 Å². The number of carbonyl (C=O) groups excluding carboxylic acids is 3. The summed E-state index contributed by atoms with van der Waals surface area (Å²) in [6, 6.07) is 6.47. The standard InChI is InChI=1S/C13H16N2O4/c1-3-11(16)15-10-6-4-5-9(7-10)13(18)14-8-12(17)19-2/h4-7H,3,8H2,1-2H3,(H,14,18)(H,15,16). The summed E-state index contributed by atoms with van der Waals surface area (Å²) in [6.07, 6.45) is 0.360. The number of carbonyl (C=O) groups is 3. The van der Waals surface area contributed by atoms with Crippen molar-refractivity contribution >= 4 is 23.5 Å². The predicted octanol–water partition coefficient (Wildman–Crippen LogP) is 0.938. The van der Waals surface area contributed by atoms with Crippen LogP contribution in [0.15, 0.2) is 24.3 Å². The fraction of sp³-hybridized carbons (Fsp3) is 0.308. The molecular formula is C13H16N2O4. The summed E-state index contributed by atoms with van der Waals surface area (Å²) >= 11 is 0. The Kier molecular flexibility index (Phi) is 5.53. The Balaban J connectivity index is 2.67. The first-order valence-electron chi connectivity index (χ1n) is 5.81. The number of esters is 1. The quantitative estimate of drug-likeness (QED) is 0.775. The maximum Gasteiger partial charge on any atom is 0.325 e. The zero-order valence-electron chi connectivity index (χ0n) is 10.9. The van der Waals surface area contributed by atoms with E-state index < -0.39 is 11.9 Å². The van der Waals surface area contributed by atoms with Gasteiger partial charge in [0.15, 0.2) is 0 Å². The van der Waals surface area contributed by atoms with Gasteiger partial charge >= 0.3 is 5.97 Å². The molecule has 1 aromatic carbocycles. The zero-order valence-corrected chi connectivity index (χ0v) is 10.9. The average Bonchev–Trinajstić information content (AvgIpc) is 2.44. The van der Waals surface area contributed by atoms with E-state index in [9.17, 15) is 14.4 Å². The molecule has 0 atom stereocenters. The Morgan fingerprint density at radius 3 is 2.63 bits per heavy atom. The van der Waals surface area contributed by atoms with Gasteiger partial charge in [0.1, 0.15) is 6.54 Å². The molecule has 0 fully saturated rings. The first kappa shape index (κ1) is 14.7. The first-order chi connectivity index (χ1) is 9.06. The molecular weight excluding hydrogens is 248 g/mol. The summed E-state index contributed by atoms with van der Waals surface area (Å²) in [5.74, 6) is -1.06. The van der Waals surface area contributed by atoms with Crippen LogP contribution in [0.5, 0.6) is 0 Å². The number of methoxy groups -OCH3 is 1. The SMILES string of the molecule is CCC(=O)Nc1cccc(C(=O)NCC(=O)OC)c1. The van der Waals surface area contributed by atoms with E-state index in [0.717, 1.165) is 0 Å². The first-order valence-corrected chi connectivity index (χ1v) is 5.81. The van der Waals surface area contributed by atoms with Gasteiger partial charge in [0.05, 0.1) is 7.11 Å². The molecule has 0 aliphatic carbocycles. The summed E-state index contributed by atoms with van der Waals surface area (Å²) in [4.78, 5) is 33.9. The van der Waals surface area contributed by atoms with E-state index in [0.29, 0.717) is 17.7 Å². The van der Waals surface area contributed by atoms with E-state index in [1.807, 2.05) is 0 Å². The molecule has 6 heteroatoms. The van der Waals surface area contributed by atoms with Crippen molar-refractivity contribution in [3.05, 3.63) is 29.8 Å². The van der Waals surface area contributed by atoms with Crippen molar-refractivity contribution < 1.29 is 19.1 Å². The summed E-state index contributed by atoms with van der Waals surface area (Å²) in [5.41, 5.74) is 0.898. The molecule has 0 saturated carbocycles. The molecule has 0 aliphatic rings. The minimum atomic E-state index is -0.524. The summed E-state index contributed by atoms with van der Waals surface area (Å²) in [6.45, 7) is 1.54. The maximum absolute atomic E-state index is 11.7. The van der Waals surface area contributed by atoms with Gasteiger partial charge in [-0.05, 0) is 18.2 Å². The van der Waals surface area contributed by atoms with Gasteiger partial charge in [-0.15, -0.1) is 0 Å². The number of rotatable bonds is 5. The Morgan fingerprint density at radius 2 is 2.00 bits per heavy atom. The number of amides is 2. The summed E-state index contributed by atoms with van der Waals surface area (Å²) in [7, 11) is 1.25. The second-order valence-electron chi connectivity index (χ2n) is 3.74. The maximum atomic E-state index is 11.7. The second-order valence-corrected chi connectivity index (χ2v) is 3.74. The van der Waals surface area contributed by atoms with Crippen molar-refractivity contribution in [2.45, 2.75) is 13.3 Å². The van der Waals surface area contributed by atoms with Gasteiger partial charge in [-0.25, -0.2) is 0 Å². The van der Waals surface area contributed by atoms with Crippen molar-refractivity contribution in [3.8, 4) is 0 Å². The van der Waals surface area contributed by atoms with Crippen molar-refractivity contribution in [3.63, 3.8) is 0 Å². The highest BCUT2D eigenvalue weighted by Crippen LogP contribution is 2.10. The van der Waals surface area contributed by atoms with Crippen LogP contribution in [0.3, 0.4) is 0 Å². The molecule has 2 amide bonds. The van der Waals surface area contributed by atoms with Crippen LogP contribution in [-0.2, 0) is 14.3 Å². The van der Waals surface area contributed by atoms with Gasteiger partial charge in [0.25, 0.3) is 5.91 Å².